The third kappa shape index (κ3) is 0.365. The Morgan fingerprint density at radius 1 is 1.36 bits per heavy atom. The molecular formula is C10H12O. The Labute approximate surface area is 66.4 Å². The van der Waals surface area contributed by atoms with Crippen LogP contribution < -0.4 is 0 Å². The molecule has 2 heterocycles. The first-order valence-corrected chi connectivity index (χ1v) is 4.72. The highest BCUT2D eigenvalue weighted by Crippen LogP contribution is 2.77. The van der Waals surface area contributed by atoms with Crippen LogP contribution >= 0.6 is 0 Å². The zero-order valence-electron chi connectivity index (χ0n) is 6.55. The normalized spacial score (nSPS) is 68.4. The summed E-state index contributed by atoms with van der Waals surface area (Å²) in [4.78, 5) is 0. The van der Waals surface area contributed by atoms with Gasteiger partial charge in [-0.05, 0) is 31.6 Å². The zero-order valence-corrected chi connectivity index (χ0v) is 6.55. The largest absolute Gasteiger partial charge is 0.363 e. The molecule has 4 atom stereocenters. The Morgan fingerprint density at radius 3 is 3.09 bits per heavy atom. The van der Waals surface area contributed by atoms with Gasteiger partial charge >= 0.3 is 0 Å². The molecule has 58 valence electrons. The lowest BCUT2D eigenvalue weighted by molar-refractivity contribution is 0.0115. The minimum absolute atomic E-state index is 0.252. The molecule has 2 aliphatic carbocycles. The summed E-state index contributed by atoms with van der Waals surface area (Å²) in [6.07, 6.45) is 10.7. The van der Waals surface area contributed by atoms with Crippen LogP contribution in [-0.4, -0.2) is 11.7 Å². The molecule has 1 nitrogen and oxygen atoms in total. The van der Waals surface area contributed by atoms with Crippen LogP contribution in [0.1, 0.15) is 25.7 Å². The van der Waals surface area contributed by atoms with Crippen LogP contribution in [-0.2, 0) is 4.74 Å². The van der Waals surface area contributed by atoms with E-state index in [9.17, 15) is 0 Å². The summed E-state index contributed by atoms with van der Waals surface area (Å²) in [5, 5.41) is 0. The highest BCUT2D eigenvalue weighted by atomic mass is 16.5. The van der Waals surface area contributed by atoms with Gasteiger partial charge in [0.2, 0.25) is 0 Å². The summed E-state index contributed by atoms with van der Waals surface area (Å²) in [5.74, 6) is 1.04. The third-order valence-corrected chi connectivity index (χ3v) is 4.45. The third-order valence-electron chi connectivity index (χ3n) is 4.45. The quantitative estimate of drug-likeness (QED) is 0.477. The molecule has 0 aromatic carbocycles. The lowest BCUT2D eigenvalue weighted by atomic mass is 9.81. The number of rotatable bonds is 0. The van der Waals surface area contributed by atoms with Crippen LogP contribution in [0, 0.1) is 11.3 Å². The van der Waals surface area contributed by atoms with E-state index in [1.807, 2.05) is 0 Å². The van der Waals surface area contributed by atoms with Crippen LogP contribution in [0.5, 0.6) is 0 Å². The highest BCUT2D eigenvalue weighted by Gasteiger charge is 2.75. The second kappa shape index (κ2) is 1.20. The number of fused-ring (bicyclic) bond motifs is 1. The van der Waals surface area contributed by atoms with Gasteiger partial charge in [0, 0.05) is 5.41 Å². The summed E-state index contributed by atoms with van der Waals surface area (Å²) in [6.45, 7) is 0. The first-order chi connectivity index (χ1) is 5.35. The Hall–Kier alpha value is -0.300. The van der Waals surface area contributed by atoms with E-state index in [-0.39, 0.29) is 5.60 Å². The highest BCUT2D eigenvalue weighted by molar-refractivity contribution is 5.35. The Balaban J connectivity index is 1.98. The first-order valence-electron chi connectivity index (χ1n) is 4.72. The van der Waals surface area contributed by atoms with Crippen LogP contribution in [0.2, 0.25) is 0 Å². The minimum atomic E-state index is 0.252. The van der Waals surface area contributed by atoms with Crippen LogP contribution in [0.15, 0.2) is 12.2 Å². The fraction of sp³-hybridized carbons (Fsp3) is 0.800. The maximum Gasteiger partial charge on any atom is 0.0931 e. The molecule has 2 spiro atoms. The molecule has 3 fully saturated rings. The average Bonchev–Trinajstić information content (AvgIpc) is 2.44. The molecule has 2 bridgehead atoms. The molecule has 11 heavy (non-hydrogen) atoms. The molecule has 1 heteroatoms. The van der Waals surface area contributed by atoms with Crippen molar-refractivity contribution in [2.24, 2.45) is 11.3 Å². The summed E-state index contributed by atoms with van der Waals surface area (Å²) >= 11 is 0. The van der Waals surface area contributed by atoms with E-state index in [2.05, 4.69) is 12.2 Å². The van der Waals surface area contributed by atoms with Crippen molar-refractivity contribution in [3.8, 4) is 0 Å². The zero-order chi connectivity index (χ0) is 7.10. The van der Waals surface area contributed by atoms with Gasteiger partial charge in [0.1, 0.15) is 0 Å². The molecule has 0 unspecified atom stereocenters. The summed E-state index contributed by atoms with van der Waals surface area (Å²) in [7, 11) is 0. The fourth-order valence-corrected chi connectivity index (χ4v) is 3.84. The standard InChI is InChI=1S/C10H12O/c1-3-10-4-2-8(11-10)6-9(10)5-7(1)9/h2,4,7-8H,1,3,5-6H2/t7-,8-,9+,10+/m1/s1. The van der Waals surface area contributed by atoms with Crippen LogP contribution in [0.4, 0.5) is 0 Å². The van der Waals surface area contributed by atoms with Gasteiger partial charge in [0.25, 0.3) is 0 Å². The second-order valence-corrected chi connectivity index (χ2v) is 4.70. The van der Waals surface area contributed by atoms with Crippen LogP contribution in [0.3, 0.4) is 0 Å². The Bertz CT molecular complexity index is 270. The number of ether oxygens (including phenoxy) is 1. The smallest absolute Gasteiger partial charge is 0.0931 e. The lowest BCUT2D eigenvalue weighted by Gasteiger charge is -2.25. The monoisotopic (exact) mass is 148 g/mol. The molecule has 2 aliphatic heterocycles. The van der Waals surface area contributed by atoms with Gasteiger partial charge in [-0.25, -0.2) is 0 Å². The van der Waals surface area contributed by atoms with Crippen molar-refractivity contribution in [1.29, 1.82) is 0 Å². The minimum Gasteiger partial charge on any atom is -0.363 e. The van der Waals surface area contributed by atoms with Crippen molar-refractivity contribution in [1.82, 2.24) is 0 Å². The molecule has 1 saturated heterocycles. The van der Waals surface area contributed by atoms with Crippen molar-refractivity contribution in [3.05, 3.63) is 12.2 Å². The summed E-state index contributed by atoms with van der Waals surface area (Å²) in [5.41, 5.74) is 0.911. The van der Waals surface area contributed by atoms with E-state index in [1.165, 1.54) is 25.7 Å². The number of hydrogen-bond donors (Lipinski definition) is 0. The van der Waals surface area contributed by atoms with Crippen molar-refractivity contribution in [2.45, 2.75) is 37.4 Å². The molecule has 0 aromatic heterocycles. The van der Waals surface area contributed by atoms with E-state index in [0.717, 1.165) is 5.92 Å². The van der Waals surface area contributed by atoms with E-state index in [4.69, 9.17) is 4.74 Å². The maximum absolute atomic E-state index is 6.02. The predicted octanol–water partition coefficient (Wildman–Crippen LogP) is 1.88. The van der Waals surface area contributed by atoms with Gasteiger partial charge in [-0.2, -0.15) is 0 Å². The predicted molar refractivity (Wildman–Crippen MR) is 41.1 cm³/mol. The summed E-state index contributed by atoms with van der Waals surface area (Å²) < 4.78 is 6.02. The van der Waals surface area contributed by atoms with E-state index in [0.29, 0.717) is 11.5 Å². The van der Waals surface area contributed by atoms with Crippen molar-refractivity contribution >= 4 is 0 Å². The van der Waals surface area contributed by atoms with E-state index >= 15 is 0 Å². The molecule has 0 aromatic rings. The average molecular weight is 148 g/mol. The fourth-order valence-electron chi connectivity index (χ4n) is 3.84. The van der Waals surface area contributed by atoms with E-state index < -0.39 is 0 Å². The molecule has 4 rings (SSSR count). The van der Waals surface area contributed by atoms with Gasteiger partial charge in [-0.1, -0.05) is 12.2 Å². The van der Waals surface area contributed by atoms with Crippen molar-refractivity contribution in [2.75, 3.05) is 0 Å². The lowest BCUT2D eigenvalue weighted by Crippen LogP contribution is -2.30. The van der Waals surface area contributed by atoms with Gasteiger partial charge in [-0.3, -0.25) is 0 Å². The SMILES string of the molecule is C1=C[C@@]23CC[C@@H]4C[C@]42C[C@@H]1O3. The van der Waals surface area contributed by atoms with E-state index in [1.54, 1.807) is 0 Å². The van der Waals surface area contributed by atoms with Gasteiger partial charge in [0.15, 0.2) is 0 Å². The second-order valence-electron chi connectivity index (χ2n) is 4.70. The summed E-state index contributed by atoms with van der Waals surface area (Å²) in [6, 6.07) is 0. The molecule has 0 N–H and O–H groups in total. The molecule has 0 radical (unpaired) electrons. The Kier molecular flexibility index (Phi) is 0.587. The molecule has 0 amide bonds. The van der Waals surface area contributed by atoms with Gasteiger partial charge < -0.3 is 4.74 Å². The van der Waals surface area contributed by atoms with Gasteiger partial charge in [-0.15, -0.1) is 0 Å². The van der Waals surface area contributed by atoms with Crippen molar-refractivity contribution < 1.29 is 4.74 Å². The maximum atomic E-state index is 6.02. The van der Waals surface area contributed by atoms with Gasteiger partial charge in [0.05, 0.1) is 11.7 Å². The Morgan fingerprint density at radius 2 is 2.36 bits per heavy atom. The molecule has 2 saturated carbocycles. The first kappa shape index (κ1) is 5.36. The topological polar surface area (TPSA) is 9.23 Å². The van der Waals surface area contributed by atoms with Crippen LogP contribution in [0.25, 0.3) is 0 Å². The molecular weight excluding hydrogens is 136 g/mol. The molecule has 4 aliphatic rings. The number of hydrogen-bond acceptors (Lipinski definition) is 1. The van der Waals surface area contributed by atoms with Crippen molar-refractivity contribution in [3.63, 3.8) is 0 Å².